The van der Waals surface area contributed by atoms with Crippen molar-refractivity contribution < 1.29 is 27.4 Å². The van der Waals surface area contributed by atoms with Gasteiger partial charge in [0, 0.05) is 75.8 Å². The van der Waals surface area contributed by atoms with Crippen LogP contribution in [0.4, 0.5) is 24.7 Å². The summed E-state index contributed by atoms with van der Waals surface area (Å²) in [5.41, 5.74) is 0.228. The molecule has 0 radical (unpaired) electrons. The minimum absolute atomic E-state index is 0.0161. The lowest BCUT2D eigenvalue weighted by molar-refractivity contribution is -0.271. The minimum Gasteiger partial charge on any atom is -0.370 e. The molecule has 7 rings (SSSR count). The Balaban J connectivity index is 1.01. The largest absolute Gasteiger partial charge is 0.430 e. The van der Waals surface area contributed by atoms with Gasteiger partial charge in [-0.2, -0.15) is 18.4 Å². The molecule has 0 saturated carbocycles. The maximum atomic E-state index is 14.7. The van der Waals surface area contributed by atoms with E-state index in [1.165, 1.54) is 29.2 Å². The van der Waals surface area contributed by atoms with Gasteiger partial charge in [0.1, 0.15) is 11.9 Å². The highest BCUT2D eigenvalue weighted by Gasteiger charge is 2.64. The summed E-state index contributed by atoms with van der Waals surface area (Å²) in [7, 11) is 0.925. The number of rotatable bonds is 7. The molecule has 0 bridgehead atoms. The third-order valence-electron chi connectivity index (χ3n) is 10.4. The van der Waals surface area contributed by atoms with Gasteiger partial charge in [-0.3, -0.25) is 14.7 Å². The number of alkyl halides is 3. The number of carbonyl (C=O) groups excluding carboxylic acids is 1. The lowest BCUT2D eigenvalue weighted by Crippen LogP contribution is -2.56. The number of nitrogens with zero attached hydrogens (tertiary/aromatic N) is 7. The molecular formula is C38H40F3N7O3. The van der Waals surface area contributed by atoms with Crippen molar-refractivity contribution in [2.45, 2.75) is 50.4 Å². The summed E-state index contributed by atoms with van der Waals surface area (Å²) >= 11 is 0. The van der Waals surface area contributed by atoms with Crippen LogP contribution in [0.15, 0.2) is 72.9 Å². The first kappa shape index (κ1) is 34.7. The number of piperazine rings is 1. The number of carbonyl (C=O) groups is 1. The molecule has 13 heteroatoms. The average Bonchev–Trinajstić information content (AvgIpc) is 3.46. The molecule has 51 heavy (non-hydrogen) atoms. The molecule has 3 aliphatic heterocycles. The summed E-state index contributed by atoms with van der Waals surface area (Å²) in [6.07, 6.45) is -3.27. The molecule has 2 aromatic heterocycles. The smallest absolute Gasteiger partial charge is 0.370 e. The van der Waals surface area contributed by atoms with E-state index in [0.29, 0.717) is 23.3 Å². The van der Waals surface area contributed by atoms with Gasteiger partial charge in [0.2, 0.25) is 0 Å². The van der Waals surface area contributed by atoms with Crippen LogP contribution in [0.25, 0.3) is 10.9 Å². The van der Waals surface area contributed by atoms with Gasteiger partial charge in [0.15, 0.2) is 0 Å². The first-order chi connectivity index (χ1) is 24.5. The van der Waals surface area contributed by atoms with Crippen LogP contribution in [-0.4, -0.2) is 97.0 Å². The van der Waals surface area contributed by atoms with Crippen LogP contribution in [0.5, 0.6) is 0 Å². The standard InChI is InChI=1S/C38H40F3N7O3/c1-25-21-47(33-13-11-27(20-42)35-31(33)10-7-15-43-35)23-29(51-25)22-45-16-18-46(19-17-45)34-14-12-30-26(2)48(24-32(30)44-34)36(49)37(50-3,38(39,40)41)28-8-5-4-6-9-28/h4-15,25-26,29H,16-19,21-24H2,1-3H3/t25-,26+,29+,37+/m1/s1. The van der Waals surface area contributed by atoms with Crippen molar-refractivity contribution in [2.24, 2.45) is 0 Å². The summed E-state index contributed by atoms with van der Waals surface area (Å²) < 4.78 is 55.5. The van der Waals surface area contributed by atoms with Crippen molar-refractivity contribution in [1.29, 1.82) is 5.26 Å². The Hall–Kier alpha value is -4.77. The Morgan fingerprint density at radius 2 is 1.75 bits per heavy atom. The molecular weight excluding hydrogens is 659 g/mol. The number of morpholine rings is 1. The van der Waals surface area contributed by atoms with Crippen LogP contribution >= 0.6 is 0 Å². The first-order valence-electron chi connectivity index (χ1n) is 17.2. The average molecular weight is 700 g/mol. The minimum atomic E-state index is -4.98. The predicted octanol–water partition coefficient (Wildman–Crippen LogP) is 5.42. The number of aromatic nitrogens is 2. The van der Waals surface area contributed by atoms with E-state index in [1.54, 1.807) is 19.2 Å². The molecule has 2 saturated heterocycles. The molecule has 2 fully saturated rings. The molecule has 0 spiro atoms. The van der Waals surface area contributed by atoms with E-state index in [-0.39, 0.29) is 24.3 Å². The van der Waals surface area contributed by atoms with Gasteiger partial charge in [-0.25, -0.2) is 4.98 Å². The van der Waals surface area contributed by atoms with E-state index in [0.717, 1.165) is 68.8 Å². The van der Waals surface area contributed by atoms with Gasteiger partial charge in [-0.15, -0.1) is 0 Å². The zero-order valence-electron chi connectivity index (χ0n) is 28.8. The van der Waals surface area contributed by atoms with E-state index >= 15 is 0 Å². The van der Waals surface area contributed by atoms with Crippen LogP contribution < -0.4 is 9.80 Å². The third kappa shape index (κ3) is 6.26. The quantitative estimate of drug-likeness (QED) is 0.251. The number of ether oxygens (including phenoxy) is 2. The van der Waals surface area contributed by atoms with Crippen LogP contribution in [0.1, 0.15) is 42.3 Å². The molecule has 0 aliphatic carbocycles. The summed E-state index contributed by atoms with van der Waals surface area (Å²) in [5, 5.41) is 10.5. The number of halogens is 3. The topological polar surface area (TPSA) is 98.1 Å². The zero-order valence-corrected chi connectivity index (χ0v) is 28.8. The molecule has 4 atom stereocenters. The van der Waals surface area contributed by atoms with Crippen LogP contribution in [0, 0.1) is 11.3 Å². The van der Waals surface area contributed by atoms with Gasteiger partial charge in [0.05, 0.1) is 41.6 Å². The van der Waals surface area contributed by atoms with Crippen LogP contribution in [0.3, 0.4) is 0 Å². The van der Waals surface area contributed by atoms with Crippen molar-refractivity contribution >= 4 is 28.3 Å². The number of pyridine rings is 2. The van der Waals surface area contributed by atoms with Crippen molar-refractivity contribution in [3.05, 3.63) is 95.3 Å². The molecule has 4 aromatic rings. The van der Waals surface area contributed by atoms with E-state index in [2.05, 4.69) is 32.7 Å². The van der Waals surface area contributed by atoms with E-state index in [9.17, 15) is 23.2 Å². The second-order valence-electron chi connectivity index (χ2n) is 13.5. The summed E-state index contributed by atoms with van der Waals surface area (Å²) in [5.74, 6) is -0.423. The second-order valence-corrected chi connectivity index (χ2v) is 13.5. The maximum Gasteiger partial charge on any atom is 0.430 e. The van der Waals surface area contributed by atoms with Gasteiger partial charge in [-0.1, -0.05) is 36.4 Å². The number of hydrogen-bond donors (Lipinski definition) is 0. The molecule has 1 amide bonds. The van der Waals surface area contributed by atoms with Crippen LogP contribution in [-0.2, 0) is 26.4 Å². The Labute approximate surface area is 295 Å². The normalized spacial score (nSPS) is 22.5. The third-order valence-corrected chi connectivity index (χ3v) is 10.4. The number of fused-ring (bicyclic) bond motifs is 2. The molecule has 266 valence electrons. The van der Waals surface area contributed by atoms with Crippen LogP contribution in [0.2, 0.25) is 0 Å². The summed E-state index contributed by atoms with van der Waals surface area (Å²) in [6.45, 7) is 8.98. The number of methoxy groups -OCH3 is 1. The van der Waals surface area contributed by atoms with Gasteiger partial charge in [0.25, 0.3) is 11.5 Å². The van der Waals surface area contributed by atoms with E-state index in [1.807, 2.05) is 36.4 Å². The lowest BCUT2D eigenvalue weighted by Gasteiger charge is -2.42. The monoisotopic (exact) mass is 699 g/mol. The molecule has 10 nitrogen and oxygen atoms in total. The first-order valence-corrected chi connectivity index (χ1v) is 17.2. The number of hydrogen-bond acceptors (Lipinski definition) is 9. The fraction of sp³-hybridized carbons (Fsp3) is 0.421. The number of benzene rings is 2. The van der Waals surface area contributed by atoms with Crippen molar-refractivity contribution in [2.75, 3.05) is 62.7 Å². The Morgan fingerprint density at radius 3 is 2.45 bits per heavy atom. The Kier molecular flexibility index (Phi) is 9.34. The highest BCUT2D eigenvalue weighted by molar-refractivity contribution is 5.95. The van der Waals surface area contributed by atoms with Crippen molar-refractivity contribution in [3.63, 3.8) is 0 Å². The molecule has 0 unspecified atom stereocenters. The number of anilines is 2. The zero-order chi connectivity index (χ0) is 35.9. The van der Waals surface area contributed by atoms with Gasteiger partial charge < -0.3 is 24.2 Å². The van der Waals surface area contributed by atoms with Gasteiger partial charge >= 0.3 is 6.18 Å². The molecule has 2 aromatic carbocycles. The maximum absolute atomic E-state index is 14.7. The lowest BCUT2D eigenvalue weighted by atomic mass is 9.90. The number of nitriles is 1. The molecule has 0 N–H and O–H groups in total. The summed E-state index contributed by atoms with van der Waals surface area (Å²) in [4.78, 5) is 31.3. The SMILES string of the molecule is CO[C@](C(=O)N1Cc2nc(N3CCN(C[C@H]4CN(c5ccc(C#N)c6ncccc56)C[C@@H](C)O4)CC3)ccc2[C@@H]1C)(c1ccccc1)C(F)(F)F. The second kappa shape index (κ2) is 13.7. The Morgan fingerprint density at radius 1 is 0.980 bits per heavy atom. The molecule has 5 heterocycles. The fourth-order valence-electron chi connectivity index (χ4n) is 7.82. The summed E-state index contributed by atoms with van der Waals surface area (Å²) in [6, 6.07) is 20.2. The van der Waals surface area contributed by atoms with E-state index in [4.69, 9.17) is 14.5 Å². The van der Waals surface area contributed by atoms with Crippen molar-refractivity contribution in [1.82, 2.24) is 19.8 Å². The van der Waals surface area contributed by atoms with Gasteiger partial charge in [-0.05, 0) is 49.7 Å². The number of amides is 1. The fourth-order valence-corrected chi connectivity index (χ4v) is 7.82. The predicted molar refractivity (Wildman–Crippen MR) is 186 cm³/mol. The highest BCUT2D eigenvalue weighted by Crippen LogP contribution is 2.46. The highest BCUT2D eigenvalue weighted by atomic mass is 19.4. The van der Waals surface area contributed by atoms with Crippen molar-refractivity contribution in [3.8, 4) is 6.07 Å². The molecule has 3 aliphatic rings. The Bertz CT molecular complexity index is 1950. The van der Waals surface area contributed by atoms with E-state index < -0.39 is 23.7 Å².